The Morgan fingerprint density at radius 2 is 1.77 bits per heavy atom. The van der Waals surface area contributed by atoms with Crippen molar-refractivity contribution in [3.8, 4) is 0 Å². The third kappa shape index (κ3) is 4.05. The summed E-state index contributed by atoms with van der Waals surface area (Å²) >= 11 is 0. The van der Waals surface area contributed by atoms with Gasteiger partial charge in [-0.2, -0.15) is 0 Å². The van der Waals surface area contributed by atoms with E-state index in [2.05, 4.69) is 40.2 Å². The van der Waals surface area contributed by atoms with Crippen molar-refractivity contribution in [1.29, 1.82) is 0 Å². The summed E-state index contributed by atoms with van der Waals surface area (Å²) in [5.74, 6) is 0.345. The number of pyridine rings is 1. The molecule has 1 aliphatic rings. The van der Waals surface area contributed by atoms with Gasteiger partial charge >= 0.3 is 6.03 Å². The maximum Gasteiger partial charge on any atom is 0.323 e. The highest BCUT2D eigenvalue weighted by atomic mass is 19.1. The Bertz CT molecular complexity index is 1270. The third-order valence-corrected chi connectivity index (χ3v) is 5.52. The number of carbonyl (C=O) groups excluding carboxylic acids is 1. The van der Waals surface area contributed by atoms with Crippen LogP contribution in [0, 0.1) is 5.82 Å². The zero-order chi connectivity index (χ0) is 21.2. The first-order valence-electron chi connectivity index (χ1n) is 10.2. The molecule has 5 nitrogen and oxygen atoms in total. The number of aryl methyl sites for hydroxylation is 1. The molecule has 2 amide bonds. The standard InChI is InChI=1S/C25H21FN4O/c26-20-7-3-4-8-23(20)30-25(31)27-18-11-13-21-17(15-18)10-14-24(28-21)29-22-12-9-16-5-1-2-6-19(16)22/h1-8,10-11,13-15,22H,9,12H2,(H,28,29)(H2,27,30,31). The van der Waals surface area contributed by atoms with E-state index < -0.39 is 11.8 Å². The second kappa shape index (κ2) is 8.07. The minimum atomic E-state index is -0.504. The maximum absolute atomic E-state index is 13.7. The van der Waals surface area contributed by atoms with Crippen molar-refractivity contribution in [2.75, 3.05) is 16.0 Å². The van der Waals surface area contributed by atoms with E-state index in [1.807, 2.05) is 24.3 Å². The van der Waals surface area contributed by atoms with Crippen LogP contribution in [0.5, 0.6) is 0 Å². The molecular formula is C25H21FN4O. The van der Waals surface area contributed by atoms with Crippen LogP contribution < -0.4 is 16.0 Å². The minimum Gasteiger partial charge on any atom is -0.363 e. The molecule has 31 heavy (non-hydrogen) atoms. The highest BCUT2D eigenvalue weighted by Gasteiger charge is 2.21. The van der Waals surface area contributed by atoms with Gasteiger partial charge in [-0.1, -0.05) is 36.4 Å². The van der Waals surface area contributed by atoms with Crippen LogP contribution in [0.25, 0.3) is 10.9 Å². The molecule has 3 N–H and O–H groups in total. The Morgan fingerprint density at radius 1 is 0.935 bits per heavy atom. The van der Waals surface area contributed by atoms with Gasteiger partial charge in [0.2, 0.25) is 0 Å². The van der Waals surface area contributed by atoms with E-state index in [4.69, 9.17) is 4.98 Å². The number of aromatic nitrogens is 1. The summed E-state index contributed by atoms with van der Waals surface area (Å²) in [6, 6.07) is 23.7. The zero-order valence-corrected chi connectivity index (χ0v) is 16.7. The van der Waals surface area contributed by atoms with Crippen LogP contribution in [0.4, 0.5) is 26.4 Å². The summed E-state index contributed by atoms with van der Waals surface area (Å²) in [5, 5.41) is 9.69. The van der Waals surface area contributed by atoms with Crippen molar-refractivity contribution >= 4 is 34.1 Å². The molecule has 0 saturated carbocycles. The summed E-state index contributed by atoms with van der Waals surface area (Å²) in [6.07, 6.45) is 2.13. The van der Waals surface area contributed by atoms with E-state index >= 15 is 0 Å². The molecule has 4 aromatic rings. The molecule has 0 aliphatic heterocycles. The second-order valence-electron chi connectivity index (χ2n) is 7.60. The smallest absolute Gasteiger partial charge is 0.323 e. The van der Waals surface area contributed by atoms with Crippen LogP contribution in [0.1, 0.15) is 23.6 Å². The third-order valence-electron chi connectivity index (χ3n) is 5.52. The lowest BCUT2D eigenvalue weighted by atomic mass is 10.1. The van der Waals surface area contributed by atoms with Crippen molar-refractivity contribution in [2.45, 2.75) is 18.9 Å². The van der Waals surface area contributed by atoms with Crippen LogP contribution >= 0.6 is 0 Å². The summed E-state index contributed by atoms with van der Waals surface area (Å²) in [4.78, 5) is 16.9. The van der Waals surface area contributed by atoms with Crippen molar-refractivity contribution in [2.24, 2.45) is 0 Å². The van der Waals surface area contributed by atoms with E-state index in [1.165, 1.54) is 23.3 Å². The first kappa shape index (κ1) is 19.1. The monoisotopic (exact) mass is 412 g/mol. The van der Waals surface area contributed by atoms with E-state index in [9.17, 15) is 9.18 Å². The summed E-state index contributed by atoms with van der Waals surface area (Å²) in [7, 11) is 0. The lowest BCUT2D eigenvalue weighted by Crippen LogP contribution is -2.20. The largest absolute Gasteiger partial charge is 0.363 e. The molecule has 0 spiro atoms. The number of rotatable bonds is 4. The van der Waals surface area contributed by atoms with Crippen molar-refractivity contribution in [1.82, 2.24) is 4.98 Å². The van der Waals surface area contributed by atoms with E-state index in [1.54, 1.807) is 18.2 Å². The van der Waals surface area contributed by atoms with Gasteiger partial charge in [-0.15, -0.1) is 0 Å². The molecule has 154 valence electrons. The van der Waals surface area contributed by atoms with Gasteiger partial charge in [0.15, 0.2) is 0 Å². The van der Waals surface area contributed by atoms with Gasteiger partial charge in [-0.05, 0) is 66.4 Å². The first-order valence-corrected chi connectivity index (χ1v) is 10.2. The predicted molar refractivity (Wildman–Crippen MR) is 122 cm³/mol. The molecule has 0 bridgehead atoms. The molecule has 1 atom stereocenters. The Labute approximate surface area is 179 Å². The lowest BCUT2D eigenvalue weighted by molar-refractivity contribution is 0.262. The van der Waals surface area contributed by atoms with Gasteiger partial charge in [-0.3, -0.25) is 0 Å². The molecule has 1 aliphatic carbocycles. The van der Waals surface area contributed by atoms with E-state index in [0.29, 0.717) is 5.69 Å². The van der Waals surface area contributed by atoms with Gasteiger partial charge < -0.3 is 16.0 Å². The van der Waals surface area contributed by atoms with Gasteiger partial charge in [-0.25, -0.2) is 14.2 Å². The molecular weight excluding hydrogens is 391 g/mol. The summed E-state index contributed by atoms with van der Waals surface area (Å²) in [5.41, 5.74) is 4.30. The Kier molecular flexibility index (Phi) is 4.96. The number of anilines is 3. The van der Waals surface area contributed by atoms with Crippen LogP contribution in [0.3, 0.4) is 0 Å². The van der Waals surface area contributed by atoms with Gasteiger partial charge in [0.1, 0.15) is 11.6 Å². The van der Waals surface area contributed by atoms with Crippen molar-refractivity contribution < 1.29 is 9.18 Å². The number of halogens is 1. The Morgan fingerprint density at radius 3 is 2.68 bits per heavy atom. The highest BCUT2D eigenvalue weighted by molar-refractivity contribution is 6.01. The number of amides is 2. The molecule has 1 heterocycles. The number of fused-ring (bicyclic) bond motifs is 2. The van der Waals surface area contributed by atoms with Crippen molar-refractivity contribution in [3.05, 3.63) is 95.8 Å². The predicted octanol–water partition coefficient (Wildman–Crippen LogP) is 6.12. The Balaban J connectivity index is 1.29. The first-order chi connectivity index (χ1) is 15.2. The van der Waals surface area contributed by atoms with Crippen LogP contribution in [-0.4, -0.2) is 11.0 Å². The number of urea groups is 1. The molecule has 0 fully saturated rings. The number of para-hydroxylation sites is 1. The maximum atomic E-state index is 13.7. The second-order valence-corrected chi connectivity index (χ2v) is 7.60. The molecule has 1 aromatic heterocycles. The molecule has 1 unspecified atom stereocenters. The normalized spacial score (nSPS) is 14.8. The SMILES string of the molecule is O=C(Nc1ccc2nc(NC3CCc4ccccc43)ccc2c1)Nc1ccccc1F. The number of nitrogens with zero attached hydrogens (tertiary/aromatic N) is 1. The lowest BCUT2D eigenvalue weighted by Gasteiger charge is -2.15. The van der Waals surface area contributed by atoms with Crippen LogP contribution in [0.2, 0.25) is 0 Å². The number of nitrogens with one attached hydrogen (secondary N) is 3. The van der Waals surface area contributed by atoms with E-state index in [-0.39, 0.29) is 11.7 Å². The number of benzene rings is 3. The van der Waals surface area contributed by atoms with E-state index in [0.717, 1.165) is 29.6 Å². The highest BCUT2D eigenvalue weighted by Crippen LogP contribution is 2.33. The van der Waals surface area contributed by atoms with Gasteiger partial charge in [0.25, 0.3) is 0 Å². The number of carbonyl (C=O) groups is 1. The number of hydrogen-bond donors (Lipinski definition) is 3. The van der Waals surface area contributed by atoms with Gasteiger partial charge in [0, 0.05) is 11.1 Å². The summed E-state index contributed by atoms with van der Waals surface area (Å²) < 4.78 is 13.7. The fourth-order valence-corrected chi connectivity index (χ4v) is 4.02. The minimum absolute atomic E-state index is 0.131. The summed E-state index contributed by atoms with van der Waals surface area (Å²) in [6.45, 7) is 0. The van der Waals surface area contributed by atoms with Crippen LogP contribution in [-0.2, 0) is 6.42 Å². The average Bonchev–Trinajstić information content (AvgIpc) is 3.18. The fraction of sp³-hybridized carbons (Fsp3) is 0.120. The molecule has 0 radical (unpaired) electrons. The van der Waals surface area contributed by atoms with Gasteiger partial charge in [0.05, 0.1) is 17.2 Å². The molecule has 6 heteroatoms. The molecule has 3 aromatic carbocycles. The Hall–Kier alpha value is -3.93. The number of hydrogen-bond acceptors (Lipinski definition) is 3. The van der Waals surface area contributed by atoms with Crippen LogP contribution in [0.15, 0.2) is 78.9 Å². The topological polar surface area (TPSA) is 66.0 Å². The average molecular weight is 412 g/mol. The molecule has 0 saturated heterocycles. The quantitative estimate of drug-likeness (QED) is 0.378. The zero-order valence-electron chi connectivity index (χ0n) is 16.7. The molecule has 5 rings (SSSR count). The fourth-order valence-electron chi connectivity index (χ4n) is 4.02. The van der Waals surface area contributed by atoms with Crippen molar-refractivity contribution in [3.63, 3.8) is 0 Å².